The van der Waals surface area contributed by atoms with Gasteiger partial charge in [0.05, 0.1) is 5.69 Å². The summed E-state index contributed by atoms with van der Waals surface area (Å²) < 4.78 is 7.12. The van der Waals surface area contributed by atoms with Gasteiger partial charge >= 0.3 is 6.85 Å². The molecule has 68 heavy (non-hydrogen) atoms. The summed E-state index contributed by atoms with van der Waals surface area (Å²) in [5, 5.41) is 2.26. The van der Waals surface area contributed by atoms with E-state index in [0.29, 0.717) is 0 Å². The molecular formula is C63H60BN3O. The fraction of sp³-hybridized carbons (Fsp3) is 0.238. The van der Waals surface area contributed by atoms with Crippen molar-refractivity contribution >= 4 is 85.2 Å². The second-order valence-corrected chi connectivity index (χ2v) is 23.1. The lowest BCUT2D eigenvalue weighted by molar-refractivity contribution is 0.590. The normalized spacial score (nSPS) is 14.7. The summed E-state index contributed by atoms with van der Waals surface area (Å²) in [6, 6.07) is 62.0. The van der Waals surface area contributed by atoms with E-state index in [1.165, 1.54) is 55.8 Å². The molecule has 0 spiro atoms. The van der Waals surface area contributed by atoms with Gasteiger partial charge < -0.3 is 19.0 Å². The van der Waals surface area contributed by atoms with Crippen LogP contribution in [0.1, 0.15) is 104 Å². The molecule has 3 aliphatic rings. The van der Waals surface area contributed by atoms with E-state index in [9.17, 15) is 0 Å². The molecule has 9 aromatic rings. The zero-order valence-electron chi connectivity index (χ0n) is 41.4. The number of hydrogen-bond acceptors (Lipinski definition) is 4. The van der Waals surface area contributed by atoms with Crippen LogP contribution in [0.5, 0.6) is 0 Å². The van der Waals surface area contributed by atoms with Crippen molar-refractivity contribution in [3.63, 3.8) is 0 Å². The third kappa shape index (κ3) is 6.27. The van der Waals surface area contributed by atoms with Crippen molar-refractivity contribution in [1.29, 1.82) is 0 Å². The number of nitrogens with zero attached hydrogens (tertiary/aromatic N) is 3. The summed E-state index contributed by atoms with van der Waals surface area (Å²) in [4.78, 5) is 7.68. The van der Waals surface area contributed by atoms with E-state index < -0.39 is 0 Å². The second kappa shape index (κ2) is 14.5. The Morgan fingerprint density at radius 2 is 1.06 bits per heavy atom. The summed E-state index contributed by atoms with van der Waals surface area (Å²) in [7, 11) is 0. The predicted octanol–water partition coefficient (Wildman–Crippen LogP) is 16.3. The van der Waals surface area contributed by atoms with Gasteiger partial charge in [-0.3, -0.25) is 0 Å². The van der Waals surface area contributed by atoms with Crippen molar-refractivity contribution in [3.8, 4) is 11.1 Å². The van der Waals surface area contributed by atoms with E-state index >= 15 is 0 Å². The Bertz CT molecular complexity index is 3430. The van der Waals surface area contributed by atoms with Crippen LogP contribution in [-0.4, -0.2) is 6.85 Å². The zero-order valence-corrected chi connectivity index (χ0v) is 41.4. The first-order chi connectivity index (χ1) is 32.4. The predicted molar refractivity (Wildman–Crippen MR) is 290 cm³/mol. The Morgan fingerprint density at radius 1 is 0.500 bits per heavy atom. The Labute approximate surface area is 403 Å². The molecule has 0 radical (unpaired) electrons. The van der Waals surface area contributed by atoms with E-state index in [1.807, 2.05) is 0 Å². The zero-order chi connectivity index (χ0) is 47.2. The highest BCUT2D eigenvalue weighted by atomic mass is 16.3. The van der Waals surface area contributed by atoms with Gasteiger partial charge in [0.2, 0.25) is 0 Å². The van der Waals surface area contributed by atoms with Crippen LogP contribution in [0.3, 0.4) is 0 Å². The molecule has 0 unspecified atom stereocenters. The minimum Gasteiger partial charge on any atom is -0.455 e. The number of para-hydroxylation sites is 3. The molecule has 1 aromatic heterocycles. The standard InChI is InChI=1S/C63H60BN3O/c1-60(2,3)39-23-29-42(30-24-39)65(43-31-25-40(26-32-43)61(4,5)6)45-35-36-47-53(37-45)67(44-33-27-41(28-34-44)62(7,8)9)64-51-20-16-19-50-58(51)66(52-21-14-13-18-49(52)63(50,10)11)54-38-48-46-17-12-15-22-55(46)68-59(48)56(47)57(54)64/h12-38H,1-11H3. The smallest absolute Gasteiger partial charge is 0.333 e. The van der Waals surface area contributed by atoms with E-state index in [2.05, 4.69) is 255 Å². The van der Waals surface area contributed by atoms with Crippen molar-refractivity contribution in [3.05, 3.63) is 192 Å². The van der Waals surface area contributed by atoms with Crippen molar-refractivity contribution in [2.45, 2.75) is 97.8 Å². The molecule has 5 heteroatoms. The monoisotopic (exact) mass is 885 g/mol. The maximum absolute atomic E-state index is 7.12. The average Bonchev–Trinajstić information content (AvgIpc) is 3.69. The molecule has 336 valence electrons. The maximum Gasteiger partial charge on any atom is 0.333 e. The fourth-order valence-electron chi connectivity index (χ4n) is 11.5. The van der Waals surface area contributed by atoms with Crippen LogP contribution in [-0.2, 0) is 21.7 Å². The largest absolute Gasteiger partial charge is 0.455 e. The molecule has 8 aromatic carbocycles. The Kier molecular flexibility index (Phi) is 9.05. The molecule has 4 nitrogen and oxygen atoms in total. The van der Waals surface area contributed by atoms with Crippen LogP contribution in [0.4, 0.5) is 45.5 Å². The molecule has 0 saturated heterocycles. The Morgan fingerprint density at radius 3 is 1.69 bits per heavy atom. The van der Waals surface area contributed by atoms with Gasteiger partial charge in [0, 0.05) is 67.1 Å². The minimum atomic E-state index is -0.226. The van der Waals surface area contributed by atoms with Crippen LogP contribution in [0.2, 0.25) is 0 Å². The van der Waals surface area contributed by atoms with Gasteiger partial charge in [-0.2, -0.15) is 0 Å². The van der Waals surface area contributed by atoms with Crippen LogP contribution in [0.25, 0.3) is 33.1 Å². The van der Waals surface area contributed by atoms with E-state index in [4.69, 9.17) is 4.42 Å². The van der Waals surface area contributed by atoms with Gasteiger partial charge in [-0.05, 0) is 122 Å². The van der Waals surface area contributed by atoms with Crippen LogP contribution < -0.4 is 25.5 Å². The Hall–Kier alpha value is -6.98. The van der Waals surface area contributed by atoms with E-state index in [1.54, 1.807) is 0 Å². The van der Waals surface area contributed by atoms with E-state index in [-0.39, 0.29) is 28.5 Å². The van der Waals surface area contributed by atoms with Gasteiger partial charge in [0.15, 0.2) is 0 Å². The van der Waals surface area contributed by atoms with Crippen molar-refractivity contribution in [2.24, 2.45) is 0 Å². The summed E-state index contributed by atoms with van der Waals surface area (Å²) in [5.41, 5.74) is 22.5. The molecule has 0 saturated carbocycles. The molecule has 0 bridgehead atoms. The molecule has 4 heterocycles. The third-order valence-corrected chi connectivity index (χ3v) is 15.3. The first-order valence-corrected chi connectivity index (χ1v) is 24.5. The lowest BCUT2D eigenvalue weighted by atomic mass is 9.42. The van der Waals surface area contributed by atoms with Gasteiger partial charge in [-0.1, -0.05) is 173 Å². The van der Waals surface area contributed by atoms with Gasteiger partial charge in [0.1, 0.15) is 11.2 Å². The number of hydrogen-bond donors (Lipinski definition) is 0. The minimum absolute atomic E-state index is 0.00652. The van der Waals surface area contributed by atoms with E-state index in [0.717, 1.165) is 61.5 Å². The Balaban J connectivity index is 1.19. The highest BCUT2D eigenvalue weighted by Crippen LogP contribution is 2.57. The summed E-state index contributed by atoms with van der Waals surface area (Å²) in [5.74, 6) is 0. The van der Waals surface area contributed by atoms with Crippen molar-refractivity contribution in [1.82, 2.24) is 0 Å². The van der Waals surface area contributed by atoms with Crippen LogP contribution in [0, 0.1) is 0 Å². The number of rotatable bonds is 4. The highest BCUT2D eigenvalue weighted by Gasteiger charge is 2.50. The summed E-state index contributed by atoms with van der Waals surface area (Å²) in [6.45, 7) is 25.2. The fourth-order valence-corrected chi connectivity index (χ4v) is 11.5. The second-order valence-electron chi connectivity index (χ2n) is 23.1. The van der Waals surface area contributed by atoms with Crippen LogP contribution >= 0.6 is 0 Å². The summed E-state index contributed by atoms with van der Waals surface area (Å²) in [6.07, 6.45) is 0. The molecule has 0 N–H and O–H groups in total. The topological polar surface area (TPSA) is 22.9 Å². The quantitative estimate of drug-likeness (QED) is 0.164. The number of benzene rings is 8. The summed E-state index contributed by atoms with van der Waals surface area (Å²) >= 11 is 0. The highest BCUT2D eigenvalue weighted by molar-refractivity contribution is 6.94. The lowest BCUT2D eigenvalue weighted by Crippen LogP contribution is -2.62. The van der Waals surface area contributed by atoms with Crippen molar-refractivity contribution < 1.29 is 4.42 Å². The molecule has 0 aliphatic carbocycles. The van der Waals surface area contributed by atoms with Crippen molar-refractivity contribution in [2.75, 3.05) is 14.6 Å². The lowest BCUT2D eigenvalue weighted by Gasteiger charge is -2.50. The number of fused-ring (bicyclic) bond motifs is 10. The molecule has 0 fully saturated rings. The molecule has 12 rings (SSSR count). The molecule has 3 aliphatic heterocycles. The molecule has 0 atom stereocenters. The average molecular weight is 886 g/mol. The SMILES string of the molecule is CC(C)(C)c1ccc(N2B3c4cccc5c4N(c4ccccc4C5(C)C)c4cc5c(oc6ccccc65)c(c43)-c3ccc(N(c4ccc(C(C)(C)C)cc4)c4ccc(C(C)(C)C)cc4)cc32)cc1. The van der Waals surface area contributed by atoms with Gasteiger partial charge in [-0.25, -0.2) is 0 Å². The van der Waals surface area contributed by atoms with Gasteiger partial charge in [0.25, 0.3) is 0 Å². The third-order valence-electron chi connectivity index (χ3n) is 15.3. The first kappa shape index (κ1) is 42.4. The molecule has 0 amide bonds. The van der Waals surface area contributed by atoms with Gasteiger partial charge in [-0.15, -0.1) is 0 Å². The maximum atomic E-state index is 7.12. The number of furan rings is 1. The van der Waals surface area contributed by atoms with Crippen LogP contribution in [0.15, 0.2) is 168 Å². The first-order valence-electron chi connectivity index (χ1n) is 24.5. The number of anilines is 8. The molecular weight excluding hydrogens is 826 g/mol.